The van der Waals surface area contributed by atoms with E-state index in [0.717, 1.165) is 22.7 Å². The van der Waals surface area contributed by atoms with E-state index < -0.39 is 11.7 Å². The first-order valence-electron chi connectivity index (χ1n) is 8.25. The molecule has 1 heterocycles. The summed E-state index contributed by atoms with van der Waals surface area (Å²) in [4.78, 5) is 16.3. The van der Waals surface area contributed by atoms with Crippen LogP contribution in [0.2, 0.25) is 0 Å². The summed E-state index contributed by atoms with van der Waals surface area (Å²) >= 11 is 1.37. The van der Waals surface area contributed by atoms with Gasteiger partial charge in [0.1, 0.15) is 0 Å². The average molecular weight is 391 g/mol. The molecule has 2 aromatic carbocycles. The molecular formula is C20H16F3NO2S. The molecule has 3 nitrogen and oxygen atoms in total. The monoisotopic (exact) mass is 391 g/mol. The molecule has 0 aliphatic heterocycles. The van der Waals surface area contributed by atoms with Crippen LogP contribution in [0.4, 0.5) is 13.2 Å². The normalized spacial score (nSPS) is 11.4. The van der Waals surface area contributed by atoms with E-state index in [9.17, 15) is 18.0 Å². The van der Waals surface area contributed by atoms with E-state index in [-0.39, 0.29) is 5.97 Å². The van der Waals surface area contributed by atoms with Gasteiger partial charge >= 0.3 is 12.1 Å². The quantitative estimate of drug-likeness (QED) is 0.532. The molecule has 0 spiro atoms. The fraction of sp³-hybridized carbons (Fsp3) is 0.200. The molecule has 27 heavy (non-hydrogen) atoms. The van der Waals surface area contributed by atoms with Crippen molar-refractivity contribution in [2.75, 3.05) is 6.61 Å². The van der Waals surface area contributed by atoms with E-state index in [0.29, 0.717) is 29.8 Å². The topological polar surface area (TPSA) is 39.2 Å². The lowest BCUT2D eigenvalue weighted by molar-refractivity contribution is -0.137. The van der Waals surface area contributed by atoms with Gasteiger partial charge in [-0.2, -0.15) is 13.2 Å². The van der Waals surface area contributed by atoms with Gasteiger partial charge in [-0.3, -0.25) is 0 Å². The molecule has 0 atom stereocenters. The van der Waals surface area contributed by atoms with Gasteiger partial charge in [0.2, 0.25) is 0 Å². The summed E-state index contributed by atoms with van der Waals surface area (Å²) in [6, 6.07) is 12.2. The standard InChI is InChI=1S/C20H16F3NO2S/c1-2-26-19(25)15-7-3-5-13(9-15)10-18-24-17(12-27-18)14-6-4-8-16(11-14)20(21,22)23/h3-9,11-12H,2,10H2,1H3. The number of nitrogens with zero attached hydrogens (tertiary/aromatic N) is 1. The molecule has 0 bridgehead atoms. The highest BCUT2D eigenvalue weighted by Gasteiger charge is 2.30. The molecule has 0 amide bonds. The van der Waals surface area contributed by atoms with Crippen molar-refractivity contribution in [3.63, 3.8) is 0 Å². The lowest BCUT2D eigenvalue weighted by Crippen LogP contribution is -2.05. The van der Waals surface area contributed by atoms with Crippen molar-refractivity contribution >= 4 is 17.3 Å². The summed E-state index contributed by atoms with van der Waals surface area (Å²) < 4.78 is 43.6. The van der Waals surface area contributed by atoms with E-state index >= 15 is 0 Å². The Balaban J connectivity index is 1.79. The van der Waals surface area contributed by atoms with E-state index in [1.54, 1.807) is 36.6 Å². The SMILES string of the molecule is CCOC(=O)c1cccc(Cc2nc(-c3cccc(C(F)(F)F)c3)cs2)c1. The summed E-state index contributed by atoms with van der Waals surface area (Å²) in [5.41, 5.74) is 1.57. The maximum Gasteiger partial charge on any atom is 0.416 e. The Kier molecular flexibility index (Phi) is 5.60. The van der Waals surface area contributed by atoms with Gasteiger partial charge in [0.15, 0.2) is 0 Å². The first kappa shape index (κ1) is 19.1. The summed E-state index contributed by atoms with van der Waals surface area (Å²) in [6.45, 7) is 2.04. The number of thiazole rings is 1. The number of ether oxygens (including phenoxy) is 1. The average Bonchev–Trinajstić information content (AvgIpc) is 3.10. The third-order valence-electron chi connectivity index (χ3n) is 3.83. The van der Waals surface area contributed by atoms with Crippen LogP contribution in [0.25, 0.3) is 11.3 Å². The number of benzene rings is 2. The van der Waals surface area contributed by atoms with Crippen molar-refractivity contribution in [1.29, 1.82) is 0 Å². The van der Waals surface area contributed by atoms with Crippen molar-refractivity contribution in [3.05, 3.63) is 75.6 Å². The van der Waals surface area contributed by atoms with Crippen LogP contribution in [0.3, 0.4) is 0 Å². The molecule has 0 saturated heterocycles. The minimum Gasteiger partial charge on any atom is -0.462 e. The van der Waals surface area contributed by atoms with Crippen molar-refractivity contribution in [2.24, 2.45) is 0 Å². The number of hydrogen-bond acceptors (Lipinski definition) is 4. The minimum atomic E-state index is -4.39. The number of rotatable bonds is 5. The van der Waals surface area contributed by atoms with E-state index in [2.05, 4.69) is 4.98 Å². The Morgan fingerprint density at radius 2 is 1.93 bits per heavy atom. The predicted molar refractivity (Wildman–Crippen MR) is 97.8 cm³/mol. The number of carbonyl (C=O) groups excluding carboxylic acids is 1. The van der Waals surface area contributed by atoms with Gasteiger partial charge in [-0.25, -0.2) is 9.78 Å². The summed E-state index contributed by atoms with van der Waals surface area (Å²) in [7, 11) is 0. The Morgan fingerprint density at radius 3 is 2.67 bits per heavy atom. The molecule has 0 aliphatic rings. The molecule has 0 N–H and O–H groups in total. The molecule has 7 heteroatoms. The van der Waals surface area contributed by atoms with Gasteiger partial charge in [0.25, 0.3) is 0 Å². The number of halogens is 3. The van der Waals surface area contributed by atoms with Crippen LogP contribution in [0.1, 0.15) is 33.4 Å². The number of hydrogen-bond donors (Lipinski definition) is 0. The fourth-order valence-electron chi connectivity index (χ4n) is 2.58. The zero-order valence-corrected chi connectivity index (χ0v) is 15.2. The summed E-state index contributed by atoms with van der Waals surface area (Å²) in [5, 5.41) is 2.49. The highest BCUT2D eigenvalue weighted by molar-refractivity contribution is 7.10. The molecule has 3 rings (SSSR count). The lowest BCUT2D eigenvalue weighted by Gasteiger charge is -2.07. The van der Waals surface area contributed by atoms with Crippen LogP contribution in [0, 0.1) is 0 Å². The maximum atomic E-state index is 12.9. The molecule has 3 aromatic rings. The Bertz CT molecular complexity index is 950. The van der Waals surface area contributed by atoms with E-state index in [4.69, 9.17) is 4.74 Å². The van der Waals surface area contributed by atoms with Crippen molar-refractivity contribution in [1.82, 2.24) is 4.98 Å². The largest absolute Gasteiger partial charge is 0.462 e. The second-order valence-corrected chi connectivity index (χ2v) is 6.75. The molecule has 0 radical (unpaired) electrons. The smallest absolute Gasteiger partial charge is 0.416 e. The van der Waals surface area contributed by atoms with Gasteiger partial charge in [-0.05, 0) is 36.8 Å². The first-order chi connectivity index (χ1) is 12.9. The van der Waals surface area contributed by atoms with Crippen LogP contribution < -0.4 is 0 Å². The maximum absolute atomic E-state index is 12.9. The molecular weight excluding hydrogens is 375 g/mol. The highest BCUT2D eigenvalue weighted by atomic mass is 32.1. The van der Waals surface area contributed by atoms with Crippen molar-refractivity contribution < 1.29 is 22.7 Å². The molecule has 0 aliphatic carbocycles. The summed E-state index contributed by atoms with van der Waals surface area (Å²) in [5.74, 6) is -0.386. The van der Waals surface area contributed by atoms with Crippen molar-refractivity contribution in [3.8, 4) is 11.3 Å². The zero-order chi connectivity index (χ0) is 19.4. The predicted octanol–water partition coefficient (Wildman–Crippen LogP) is 5.60. The molecule has 140 valence electrons. The number of aromatic nitrogens is 1. The number of carbonyl (C=O) groups is 1. The third-order valence-corrected chi connectivity index (χ3v) is 4.68. The Morgan fingerprint density at radius 1 is 1.15 bits per heavy atom. The van der Waals surface area contributed by atoms with Gasteiger partial charge < -0.3 is 4.74 Å². The first-order valence-corrected chi connectivity index (χ1v) is 9.13. The number of esters is 1. The molecule has 0 unspecified atom stereocenters. The molecule has 0 saturated carbocycles. The third kappa shape index (κ3) is 4.74. The zero-order valence-electron chi connectivity index (χ0n) is 14.4. The van der Waals surface area contributed by atoms with Crippen molar-refractivity contribution in [2.45, 2.75) is 19.5 Å². The lowest BCUT2D eigenvalue weighted by atomic mass is 10.1. The van der Waals surface area contributed by atoms with Crippen LogP contribution in [-0.2, 0) is 17.3 Å². The van der Waals surface area contributed by atoms with Gasteiger partial charge in [-0.15, -0.1) is 11.3 Å². The Hall–Kier alpha value is -2.67. The van der Waals surface area contributed by atoms with Crippen LogP contribution in [0.5, 0.6) is 0 Å². The van der Waals surface area contributed by atoms with Crippen LogP contribution >= 0.6 is 11.3 Å². The van der Waals surface area contributed by atoms with Gasteiger partial charge in [0.05, 0.1) is 28.4 Å². The second-order valence-electron chi connectivity index (χ2n) is 5.80. The molecule has 0 fully saturated rings. The number of alkyl halides is 3. The molecule has 1 aromatic heterocycles. The van der Waals surface area contributed by atoms with E-state index in [1.165, 1.54) is 17.4 Å². The fourth-order valence-corrected chi connectivity index (χ4v) is 3.41. The summed E-state index contributed by atoms with van der Waals surface area (Å²) in [6.07, 6.45) is -3.90. The van der Waals surface area contributed by atoms with Crippen LogP contribution in [-0.4, -0.2) is 17.6 Å². The van der Waals surface area contributed by atoms with E-state index in [1.807, 2.05) is 6.07 Å². The highest BCUT2D eigenvalue weighted by Crippen LogP contribution is 2.32. The minimum absolute atomic E-state index is 0.301. The van der Waals surface area contributed by atoms with Gasteiger partial charge in [-0.1, -0.05) is 24.3 Å². The van der Waals surface area contributed by atoms with Crippen LogP contribution in [0.15, 0.2) is 53.9 Å². The Labute approximate surface area is 158 Å². The van der Waals surface area contributed by atoms with Gasteiger partial charge in [0, 0.05) is 17.4 Å². The second kappa shape index (κ2) is 7.92.